The van der Waals surface area contributed by atoms with Crippen LogP contribution in [0.5, 0.6) is 0 Å². The van der Waals surface area contributed by atoms with Gasteiger partial charge in [0.05, 0.1) is 12.2 Å². The fourth-order valence-corrected chi connectivity index (χ4v) is 3.13. The molecule has 1 unspecified atom stereocenters. The molecular formula is C19H17F2N3OS. The van der Waals surface area contributed by atoms with Crippen LogP contribution in [-0.4, -0.2) is 21.7 Å². The molecule has 0 aliphatic heterocycles. The monoisotopic (exact) mass is 373 g/mol. The second kappa shape index (κ2) is 7.70. The zero-order valence-electron chi connectivity index (χ0n) is 14.2. The predicted molar refractivity (Wildman–Crippen MR) is 97.6 cm³/mol. The van der Waals surface area contributed by atoms with E-state index in [4.69, 9.17) is 0 Å². The number of nitrogens with one attached hydrogen (secondary N) is 1. The van der Waals surface area contributed by atoms with E-state index in [1.165, 1.54) is 42.2 Å². The van der Waals surface area contributed by atoms with E-state index >= 15 is 0 Å². The maximum atomic E-state index is 13.2. The molecule has 3 rings (SSSR count). The van der Waals surface area contributed by atoms with Gasteiger partial charge in [0.2, 0.25) is 0 Å². The smallest absolute Gasteiger partial charge is 0.270 e. The number of nitrogens with zero attached hydrogens (tertiary/aromatic N) is 2. The van der Waals surface area contributed by atoms with E-state index in [1.807, 2.05) is 13.2 Å². The van der Waals surface area contributed by atoms with Gasteiger partial charge in [-0.15, -0.1) is 0 Å². The maximum absolute atomic E-state index is 13.2. The number of amides is 1. The Morgan fingerprint density at radius 2 is 1.65 bits per heavy atom. The normalized spacial score (nSPS) is 12.0. The van der Waals surface area contributed by atoms with Crippen molar-refractivity contribution in [3.05, 3.63) is 77.6 Å². The maximum Gasteiger partial charge on any atom is 0.270 e. The minimum absolute atomic E-state index is 0.308. The lowest BCUT2D eigenvalue weighted by molar-refractivity contribution is 0.0932. The highest BCUT2D eigenvalue weighted by atomic mass is 32.2. The second-order valence-electron chi connectivity index (χ2n) is 5.69. The number of rotatable bonds is 5. The first-order valence-electron chi connectivity index (χ1n) is 7.93. The van der Waals surface area contributed by atoms with E-state index in [-0.39, 0.29) is 23.6 Å². The summed E-state index contributed by atoms with van der Waals surface area (Å²) in [5.74, 6) is -0.999. The SMILES string of the molecule is CSc1ncc(C(=O)NC(C)c2ccc(F)cc2)n1-c1ccc(F)cc1. The van der Waals surface area contributed by atoms with Crippen LogP contribution in [0.15, 0.2) is 59.9 Å². The Hall–Kier alpha value is -2.67. The summed E-state index contributed by atoms with van der Waals surface area (Å²) in [6, 6.07) is 11.5. The molecule has 26 heavy (non-hydrogen) atoms. The van der Waals surface area contributed by atoms with Gasteiger partial charge in [-0.05, 0) is 55.1 Å². The highest BCUT2D eigenvalue weighted by molar-refractivity contribution is 7.98. The van der Waals surface area contributed by atoms with Crippen molar-refractivity contribution < 1.29 is 13.6 Å². The molecule has 0 saturated carbocycles. The number of benzene rings is 2. The first-order chi connectivity index (χ1) is 12.5. The van der Waals surface area contributed by atoms with E-state index in [0.29, 0.717) is 16.5 Å². The van der Waals surface area contributed by atoms with E-state index in [0.717, 1.165) is 5.56 Å². The van der Waals surface area contributed by atoms with Gasteiger partial charge in [0, 0.05) is 5.69 Å². The van der Waals surface area contributed by atoms with Crippen LogP contribution in [0, 0.1) is 11.6 Å². The molecule has 7 heteroatoms. The Morgan fingerprint density at radius 3 is 2.23 bits per heavy atom. The Balaban J connectivity index is 1.88. The molecule has 0 aliphatic carbocycles. The fourth-order valence-electron chi connectivity index (χ4n) is 2.58. The highest BCUT2D eigenvalue weighted by Gasteiger charge is 2.19. The average Bonchev–Trinajstić information content (AvgIpc) is 3.07. The second-order valence-corrected chi connectivity index (χ2v) is 6.46. The Morgan fingerprint density at radius 1 is 1.08 bits per heavy atom. The molecule has 0 aliphatic rings. The van der Waals surface area contributed by atoms with Crippen LogP contribution in [0.2, 0.25) is 0 Å². The summed E-state index contributed by atoms with van der Waals surface area (Å²) in [5.41, 5.74) is 1.78. The van der Waals surface area contributed by atoms with E-state index < -0.39 is 0 Å². The first kappa shape index (κ1) is 18.1. The van der Waals surface area contributed by atoms with Crippen molar-refractivity contribution in [1.82, 2.24) is 14.9 Å². The fraction of sp³-hybridized carbons (Fsp3) is 0.158. The molecule has 0 saturated heterocycles. The lowest BCUT2D eigenvalue weighted by atomic mass is 10.1. The molecular weight excluding hydrogens is 356 g/mol. The first-order valence-corrected chi connectivity index (χ1v) is 9.16. The molecule has 1 N–H and O–H groups in total. The van der Waals surface area contributed by atoms with E-state index in [1.54, 1.807) is 28.8 Å². The van der Waals surface area contributed by atoms with Crippen molar-refractivity contribution in [2.24, 2.45) is 0 Å². The number of thioether (sulfide) groups is 1. The summed E-state index contributed by atoms with van der Waals surface area (Å²) in [4.78, 5) is 17.0. The average molecular weight is 373 g/mol. The van der Waals surface area contributed by atoms with Crippen LogP contribution < -0.4 is 5.32 Å². The van der Waals surface area contributed by atoms with Crippen LogP contribution in [0.3, 0.4) is 0 Å². The van der Waals surface area contributed by atoms with Crippen LogP contribution in [0.1, 0.15) is 29.0 Å². The minimum atomic E-state index is -0.351. The molecule has 0 radical (unpaired) electrons. The van der Waals surface area contributed by atoms with Crippen molar-refractivity contribution in [3.63, 3.8) is 0 Å². The zero-order chi connectivity index (χ0) is 18.7. The predicted octanol–water partition coefficient (Wildman–Crippen LogP) is 4.36. The van der Waals surface area contributed by atoms with Gasteiger partial charge in [-0.25, -0.2) is 13.8 Å². The van der Waals surface area contributed by atoms with Gasteiger partial charge < -0.3 is 5.32 Å². The van der Waals surface area contributed by atoms with Crippen molar-refractivity contribution in [3.8, 4) is 5.69 Å². The number of imidazole rings is 1. The Kier molecular flexibility index (Phi) is 5.37. The number of carbonyl (C=O) groups excluding carboxylic acids is 1. The number of hydrogen-bond donors (Lipinski definition) is 1. The van der Waals surface area contributed by atoms with Crippen molar-refractivity contribution in [1.29, 1.82) is 0 Å². The third-order valence-electron chi connectivity index (χ3n) is 3.95. The number of hydrogen-bond acceptors (Lipinski definition) is 3. The van der Waals surface area contributed by atoms with Gasteiger partial charge in [0.25, 0.3) is 5.91 Å². The molecule has 3 aromatic rings. The number of halogens is 2. The van der Waals surface area contributed by atoms with Crippen LogP contribution in [-0.2, 0) is 0 Å². The van der Waals surface area contributed by atoms with Gasteiger partial charge in [-0.1, -0.05) is 23.9 Å². The Bertz CT molecular complexity index is 908. The molecule has 2 aromatic carbocycles. The molecule has 1 atom stereocenters. The number of carbonyl (C=O) groups is 1. The van der Waals surface area contributed by atoms with Gasteiger partial charge >= 0.3 is 0 Å². The van der Waals surface area contributed by atoms with Crippen LogP contribution in [0.4, 0.5) is 8.78 Å². The molecule has 1 amide bonds. The largest absolute Gasteiger partial charge is 0.344 e. The molecule has 0 fully saturated rings. The topological polar surface area (TPSA) is 46.9 Å². The summed E-state index contributed by atoms with van der Waals surface area (Å²) in [6.45, 7) is 1.82. The van der Waals surface area contributed by atoms with Crippen LogP contribution >= 0.6 is 11.8 Å². The summed E-state index contributed by atoms with van der Waals surface area (Å²) in [6.07, 6.45) is 3.34. The summed E-state index contributed by atoms with van der Waals surface area (Å²) in [7, 11) is 0. The lowest BCUT2D eigenvalue weighted by Crippen LogP contribution is -2.28. The third-order valence-corrected chi connectivity index (χ3v) is 4.60. The van der Waals surface area contributed by atoms with Gasteiger partial charge in [0.1, 0.15) is 17.3 Å². The standard InChI is InChI=1S/C19H17F2N3OS/c1-12(13-3-5-14(20)6-4-13)23-18(25)17-11-22-19(26-2)24(17)16-9-7-15(21)8-10-16/h3-12H,1-2H3,(H,23,25). The van der Waals surface area contributed by atoms with Crippen molar-refractivity contribution in [2.75, 3.05) is 6.26 Å². The molecule has 134 valence electrons. The molecule has 0 bridgehead atoms. The molecule has 1 heterocycles. The molecule has 0 spiro atoms. The molecule has 1 aromatic heterocycles. The summed E-state index contributed by atoms with van der Waals surface area (Å²) >= 11 is 1.39. The Labute approximate surface area is 154 Å². The van der Waals surface area contributed by atoms with Gasteiger partial charge in [-0.2, -0.15) is 0 Å². The number of aromatic nitrogens is 2. The van der Waals surface area contributed by atoms with E-state index in [2.05, 4.69) is 10.3 Å². The summed E-state index contributed by atoms with van der Waals surface area (Å²) < 4.78 is 28.0. The van der Waals surface area contributed by atoms with Crippen molar-refractivity contribution >= 4 is 17.7 Å². The van der Waals surface area contributed by atoms with Crippen LogP contribution in [0.25, 0.3) is 5.69 Å². The highest BCUT2D eigenvalue weighted by Crippen LogP contribution is 2.23. The van der Waals surface area contributed by atoms with E-state index in [9.17, 15) is 13.6 Å². The zero-order valence-corrected chi connectivity index (χ0v) is 15.1. The van der Waals surface area contributed by atoms with Crippen molar-refractivity contribution in [2.45, 2.75) is 18.1 Å². The quantitative estimate of drug-likeness (QED) is 0.676. The van der Waals surface area contributed by atoms with Gasteiger partial charge in [-0.3, -0.25) is 9.36 Å². The summed E-state index contributed by atoms with van der Waals surface area (Å²) in [5, 5.41) is 3.51. The minimum Gasteiger partial charge on any atom is -0.344 e. The molecule has 4 nitrogen and oxygen atoms in total. The third kappa shape index (κ3) is 3.77. The lowest BCUT2D eigenvalue weighted by Gasteiger charge is -2.16. The van der Waals surface area contributed by atoms with Gasteiger partial charge in [0.15, 0.2) is 5.16 Å².